The van der Waals surface area contributed by atoms with Gasteiger partial charge in [0.15, 0.2) is 0 Å². The first kappa shape index (κ1) is 17.2. The molecule has 7 heteroatoms. The summed E-state index contributed by atoms with van der Waals surface area (Å²) in [6.07, 6.45) is 1.31. The lowest BCUT2D eigenvalue weighted by Gasteiger charge is -2.01. The van der Waals surface area contributed by atoms with Gasteiger partial charge < -0.3 is 4.42 Å². The van der Waals surface area contributed by atoms with Gasteiger partial charge in [-0.15, -0.1) is 0 Å². The highest BCUT2D eigenvalue weighted by atomic mass is 35.5. The molecule has 126 valence electrons. The molecule has 0 spiro atoms. The van der Waals surface area contributed by atoms with Crippen molar-refractivity contribution in [3.8, 4) is 11.3 Å². The predicted molar refractivity (Wildman–Crippen MR) is 95.6 cm³/mol. The molecule has 1 amide bonds. The molecule has 0 fully saturated rings. The average molecular weight is 377 g/mol. The van der Waals surface area contributed by atoms with Crippen LogP contribution >= 0.6 is 23.2 Å². The van der Waals surface area contributed by atoms with Crippen molar-refractivity contribution in [2.24, 2.45) is 5.10 Å². The zero-order valence-electron chi connectivity index (χ0n) is 12.7. The maximum atomic E-state index is 13.5. The van der Waals surface area contributed by atoms with Gasteiger partial charge in [0, 0.05) is 10.6 Å². The normalized spacial score (nSPS) is 11.0. The maximum absolute atomic E-state index is 13.5. The lowest BCUT2D eigenvalue weighted by molar-refractivity contribution is 0.0951. The molecule has 0 radical (unpaired) electrons. The molecular weight excluding hydrogens is 366 g/mol. The summed E-state index contributed by atoms with van der Waals surface area (Å²) in [5.41, 5.74) is 2.79. The summed E-state index contributed by atoms with van der Waals surface area (Å²) in [5, 5.41) is 4.79. The van der Waals surface area contributed by atoms with Crippen molar-refractivity contribution in [2.75, 3.05) is 0 Å². The van der Waals surface area contributed by atoms with Gasteiger partial charge in [-0.3, -0.25) is 4.79 Å². The van der Waals surface area contributed by atoms with E-state index in [-0.39, 0.29) is 5.56 Å². The number of nitrogens with zero attached hydrogens (tertiary/aromatic N) is 1. The fourth-order valence-electron chi connectivity index (χ4n) is 2.11. The van der Waals surface area contributed by atoms with Crippen LogP contribution in [0.15, 0.2) is 64.1 Å². The Morgan fingerprint density at radius 1 is 1.12 bits per heavy atom. The summed E-state index contributed by atoms with van der Waals surface area (Å²) >= 11 is 12.1. The van der Waals surface area contributed by atoms with Crippen LogP contribution in [0.3, 0.4) is 0 Å². The molecule has 0 aliphatic heterocycles. The first-order valence-corrected chi connectivity index (χ1v) is 7.93. The Kier molecular flexibility index (Phi) is 5.16. The van der Waals surface area contributed by atoms with Gasteiger partial charge in [-0.05, 0) is 42.5 Å². The molecule has 3 rings (SSSR count). The summed E-state index contributed by atoms with van der Waals surface area (Å²) in [6, 6.07) is 14.0. The lowest BCUT2D eigenvalue weighted by atomic mass is 10.2. The Labute approximate surface area is 152 Å². The molecule has 4 nitrogen and oxygen atoms in total. The fourth-order valence-corrected chi connectivity index (χ4v) is 2.50. The SMILES string of the molecule is O=C(N/N=C\c1ccc(-c2cc(Cl)ccc2Cl)o1)c1ccccc1F. The van der Waals surface area contributed by atoms with E-state index in [2.05, 4.69) is 10.5 Å². The zero-order valence-corrected chi connectivity index (χ0v) is 14.2. The van der Waals surface area contributed by atoms with Gasteiger partial charge in [-0.2, -0.15) is 5.10 Å². The van der Waals surface area contributed by atoms with Gasteiger partial charge in [0.1, 0.15) is 17.3 Å². The standard InChI is InChI=1S/C18H11Cl2FN2O2/c19-11-5-7-15(20)14(9-11)17-8-6-12(25-17)10-22-23-18(24)13-3-1-2-4-16(13)21/h1-10H,(H,23,24)/b22-10-. The Morgan fingerprint density at radius 3 is 2.72 bits per heavy atom. The second-order valence-corrected chi connectivity index (χ2v) is 5.85. The van der Waals surface area contributed by atoms with Crippen LogP contribution in [0, 0.1) is 5.82 Å². The number of rotatable bonds is 4. The molecule has 0 bridgehead atoms. The van der Waals surface area contributed by atoms with Gasteiger partial charge in [-0.1, -0.05) is 35.3 Å². The highest BCUT2D eigenvalue weighted by Crippen LogP contribution is 2.31. The summed E-state index contributed by atoms with van der Waals surface area (Å²) < 4.78 is 19.1. The third kappa shape index (κ3) is 4.07. The third-order valence-electron chi connectivity index (χ3n) is 3.30. The molecule has 1 N–H and O–H groups in total. The summed E-state index contributed by atoms with van der Waals surface area (Å²) in [6.45, 7) is 0. The zero-order chi connectivity index (χ0) is 17.8. The van der Waals surface area contributed by atoms with Crippen molar-refractivity contribution in [3.63, 3.8) is 0 Å². The molecule has 0 aliphatic carbocycles. The van der Waals surface area contributed by atoms with Gasteiger partial charge >= 0.3 is 0 Å². The highest BCUT2D eigenvalue weighted by molar-refractivity contribution is 6.35. The van der Waals surface area contributed by atoms with E-state index in [4.69, 9.17) is 27.6 Å². The number of hydrogen-bond acceptors (Lipinski definition) is 3. The van der Waals surface area contributed by atoms with E-state index in [1.807, 2.05) is 0 Å². The molecule has 2 aromatic carbocycles. The molecule has 0 saturated heterocycles. The maximum Gasteiger partial charge on any atom is 0.274 e. The Bertz CT molecular complexity index is 954. The van der Waals surface area contributed by atoms with E-state index < -0.39 is 11.7 Å². The van der Waals surface area contributed by atoms with Crippen molar-refractivity contribution in [3.05, 3.63) is 81.8 Å². The predicted octanol–water partition coefficient (Wildman–Crippen LogP) is 5.16. The smallest absolute Gasteiger partial charge is 0.274 e. The summed E-state index contributed by atoms with van der Waals surface area (Å²) in [4.78, 5) is 11.8. The van der Waals surface area contributed by atoms with Gasteiger partial charge in [0.25, 0.3) is 5.91 Å². The molecule has 1 aromatic heterocycles. The molecule has 0 unspecified atom stereocenters. The molecule has 0 aliphatic rings. The van der Waals surface area contributed by atoms with Crippen molar-refractivity contribution in [1.29, 1.82) is 0 Å². The van der Waals surface area contributed by atoms with Gasteiger partial charge in [0.2, 0.25) is 0 Å². The number of hydrazone groups is 1. The Balaban J connectivity index is 1.71. The van der Waals surface area contributed by atoms with E-state index in [0.717, 1.165) is 0 Å². The number of amides is 1. The van der Waals surface area contributed by atoms with Gasteiger partial charge in [0.05, 0.1) is 16.8 Å². The number of carbonyl (C=O) groups excluding carboxylic acids is 1. The molecule has 1 heterocycles. The number of halogens is 3. The van der Waals surface area contributed by atoms with Crippen LogP contribution in [-0.4, -0.2) is 12.1 Å². The van der Waals surface area contributed by atoms with E-state index in [0.29, 0.717) is 27.1 Å². The Morgan fingerprint density at radius 2 is 1.92 bits per heavy atom. The topological polar surface area (TPSA) is 54.6 Å². The summed E-state index contributed by atoms with van der Waals surface area (Å²) in [7, 11) is 0. The van der Waals surface area contributed by atoms with Crippen LogP contribution in [0.25, 0.3) is 11.3 Å². The first-order chi connectivity index (χ1) is 12.0. The van der Waals surface area contributed by atoms with Crippen LogP contribution in [-0.2, 0) is 0 Å². The largest absolute Gasteiger partial charge is 0.455 e. The monoisotopic (exact) mass is 376 g/mol. The number of benzene rings is 2. The van der Waals surface area contributed by atoms with Crippen LogP contribution in [0.2, 0.25) is 10.0 Å². The van der Waals surface area contributed by atoms with Gasteiger partial charge in [-0.25, -0.2) is 9.82 Å². The van der Waals surface area contributed by atoms with Crippen molar-refractivity contribution in [2.45, 2.75) is 0 Å². The van der Waals surface area contributed by atoms with E-state index in [1.54, 1.807) is 36.4 Å². The van der Waals surface area contributed by atoms with Crippen molar-refractivity contribution >= 4 is 35.3 Å². The second-order valence-electron chi connectivity index (χ2n) is 5.01. The van der Waals surface area contributed by atoms with Crippen LogP contribution < -0.4 is 5.43 Å². The highest BCUT2D eigenvalue weighted by Gasteiger charge is 2.10. The van der Waals surface area contributed by atoms with E-state index >= 15 is 0 Å². The van der Waals surface area contributed by atoms with Crippen LogP contribution in [0.1, 0.15) is 16.1 Å². The van der Waals surface area contributed by atoms with E-state index in [9.17, 15) is 9.18 Å². The quantitative estimate of drug-likeness (QED) is 0.505. The Hall–Kier alpha value is -2.63. The second kappa shape index (κ2) is 7.51. The fraction of sp³-hybridized carbons (Fsp3) is 0. The van der Waals surface area contributed by atoms with Crippen molar-refractivity contribution in [1.82, 2.24) is 5.43 Å². The minimum absolute atomic E-state index is 0.0921. The lowest BCUT2D eigenvalue weighted by Crippen LogP contribution is -2.18. The number of nitrogens with one attached hydrogen (secondary N) is 1. The number of carbonyl (C=O) groups is 1. The van der Waals surface area contributed by atoms with Crippen LogP contribution in [0.5, 0.6) is 0 Å². The number of hydrogen-bond donors (Lipinski definition) is 1. The van der Waals surface area contributed by atoms with Crippen molar-refractivity contribution < 1.29 is 13.6 Å². The minimum atomic E-state index is -0.654. The third-order valence-corrected chi connectivity index (χ3v) is 3.86. The molecular formula is C18H11Cl2FN2O2. The minimum Gasteiger partial charge on any atom is -0.455 e. The molecule has 3 aromatic rings. The first-order valence-electron chi connectivity index (χ1n) is 7.18. The average Bonchev–Trinajstić information content (AvgIpc) is 3.06. The molecule has 0 atom stereocenters. The van der Waals surface area contributed by atoms with Crippen LogP contribution in [0.4, 0.5) is 4.39 Å². The molecule has 0 saturated carbocycles. The number of furan rings is 1. The molecule has 25 heavy (non-hydrogen) atoms. The van der Waals surface area contributed by atoms with E-state index in [1.165, 1.54) is 24.4 Å². The summed E-state index contributed by atoms with van der Waals surface area (Å²) in [5.74, 6) is -0.376.